The van der Waals surface area contributed by atoms with Crippen LogP contribution in [0.5, 0.6) is 11.5 Å². The van der Waals surface area contributed by atoms with Crippen molar-refractivity contribution in [2.45, 2.75) is 13.3 Å². The second kappa shape index (κ2) is 6.24. The Hall–Kier alpha value is -2.59. The quantitative estimate of drug-likeness (QED) is 0.466. The van der Waals surface area contributed by atoms with E-state index in [2.05, 4.69) is 19.2 Å². The van der Waals surface area contributed by atoms with E-state index in [1.165, 1.54) is 6.92 Å². The number of nitro groups is 1. The van der Waals surface area contributed by atoms with Gasteiger partial charge in [-0.1, -0.05) is 0 Å². The van der Waals surface area contributed by atoms with E-state index in [-0.39, 0.29) is 6.61 Å². The van der Waals surface area contributed by atoms with Crippen molar-refractivity contribution in [3.63, 3.8) is 0 Å². The number of halogens is 3. The third-order valence-corrected chi connectivity index (χ3v) is 2.02. The molecule has 0 bridgehead atoms. The average Bonchev–Trinajstić information content (AvgIpc) is 2.36. The normalized spacial score (nSPS) is 10.9. The number of pyridine rings is 1. The molecule has 1 aromatic heterocycles. The van der Waals surface area contributed by atoms with E-state index in [0.29, 0.717) is 6.07 Å². The molecule has 21 heavy (non-hydrogen) atoms. The molecule has 0 aliphatic heterocycles. The average molecular weight is 310 g/mol. The number of alkyl halides is 3. The van der Waals surface area contributed by atoms with E-state index < -0.39 is 40.3 Å². The van der Waals surface area contributed by atoms with Gasteiger partial charge in [-0.15, -0.1) is 13.2 Å². The summed E-state index contributed by atoms with van der Waals surface area (Å²) < 4.78 is 49.5. The number of ether oxygens (including phenoxy) is 3. The molecular weight excluding hydrogens is 301 g/mol. The maximum absolute atomic E-state index is 12.3. The van der Waals surface area contributed by atoms with Crippen LogP contribution in [-0.2, 0) is 4.74 Å². The van der Waals surface area contributed by atoms with E-state index >= 15 is 0 Å². The smallest absolute Gasteiger partial charge is 0.489 e. The minimum atomic E-state index is -5.12. The van der Waals surface area contributed by atoms with E-state index in [9.17, 15) is 28.1 Å². The SMILES string of the molecule is CCOC(=O)c1nc([N+](=O)[O-])c(OC)cc1OC(F)(F)F. The molecule has 1 heterocycles. The lowest BCUT2D eigenvalue weighted by molar-refractivity contribution is -0.390. The molecule has 0 saturated carbocycles. The molecule has 1 rings (SSSR count). The van der Waals surface area contributed by atoms with Gasteiger partial charge in [0.15, 0.2) is 5.75 Å². The van der Waals surface area contributed by atoms with Crippen LogP contribution in [-0.4, -0.2) is 36.0 Å². The van der Waals surface area contributed by atoms with Gasteiger partial charge in [-0.05, 0) is 16.8 Å². The maximum atomic E-state index is 12.3. The van der Waals surface area contributed by atoms with Crippen LogP contribution >= 0.6 is 0 Å². The maximum Gasteiger partial charge on any atom is 0.573 e. The Bertz CT molecular complexity index is 560. The highest BCUT2D eigenvalue weighted by Crippen LogP contribution is 2.34. The second-order valence-corrected chi connectivity index (χ2v) is 3.39. The van der Waals surface area contributed by atoms with Crippen LogP contribution in [0.1, 0.15) is 17.4 Å². The molecule has 0 aromatic carbocycles. The lowest BCUT2D eigenvalue weighted by Gasteiger charge is -2.11. The molecule has 0 saturated heterocycles. The molecule has 0 aliphatic rings. The van der Waals surface area contributed by atoms with E-state index in [4.69, 9.17) is 0 Å². The van der Waals surface area contributed by atoms with Gasteiger partial charge in [0.1, 0.15) is 0 Å². The number of nitrogens with zero attached hydrogens (tertiary/aromatic N) is 2. The van der Waals surface area contributed by atoms with Crippen LogP contribution < -0.4 is 9.47 Å². The molecule has 0 unspecified atom stereocenters. The van der Waals surface area contributed by atoms with E-state index in [1.807, 2.05) is 0 Å². The molecule has 0 aliphatic carbocycles. The number of rotatable bonds is 5. The lowest BCUT2D eigenvalue weighted by atomic mass is 10.3. The zero-order chi connectivity index (χ0) is 16.2. The molecule has 1 aromatic rings. The van der Waals surface area contributed by atoms with Gasteiger partial charge in [0, 0.05) is 6.07 Å². The summed E-state index contributed by atoms with van der Waals surface area (Å²) in [5, 5.41) is 10.8. The van der Waals surface area contributed by atoms with Crippen molar-refractivity contribution in [2.75, 3.05) is 13.7 Å². The third-order valence-electron chi connectivity index (χ3n) is 2.02. The van der Waals surface area contributed by atoms with Crippen LogP contribution in [0.2, 0.25) is 0 Å². The second-order valence-electron chi connectivity index (χ2n) is 3.39. The topological polar surface area (TPSA) is 101 Å². The van der Waals surface area contributed by atoms with E-state index in [0.717, 1.165) is 7.11 Å². The van der Waals surface area contributed by atoms with Gasteiger partial charge in [-0.3, -0.25) is 0 Å². The van der Waals surface area contributed by atoms with Crippen molar-refractivity contribution in [3.05, 3.63) is 21.9 Å². The van der Waals surface area contributed by atoms with Crippen molar-refractivity contribution in [2.24, 2.45) is 0 Å². The zero-order valence-electron chi connectivity index (χ0n) is 10.8. The van der Waals surface area contributed by atoms with Crippen molar-refractivity contribution in [3.8, 4) is 11.5 Å². The first-order valence-electron chi connectivity index (χ1n) is 5.35. The molecule has 0 spiro atoms. The molecule has 0 radical (unpaired) electrons. The van der Waals surface area contributed by atoms with Gasteiger partial charge < -0.3 is 24.3 Å². The van der Waals surface area contributed by atoms with Crippen molar-refractivity contribution >= 4 is 11.8 Å². The first kappa shape index (κ1) is 16.5. The minimum absolute atomic E-state index is 0.161. The summed E-state index contributed by atoms with van der Waals surface area (Å²) in [5.74, 6) is -3.87. The fourth-order valence-electron chi connectivity index (χ4n) is 1.30. The molecule has 0 N–H and O–H groups in total. The molecular formula is C10H9F3N2O6. The van der Waals surface area contributed by atoms with Gasteiger partial charge in [-0.2, -0.15) is 0 Å². The van der Waals surface area contributed by atoms with Crippen LogP contribution in [0.3, 0.4) is 0 Å². The molecule has 0 fully saturated rings. The zero-order valence-corrected chi connectivity index (χ0v) is 10.8. The molecule has 116 valence electrons. The number of carbonyl (C=O) groups excluding carboxylic acids is 1. The van der Waals surface area contributed by atoms with Gasteiger partial charge >= 0.3 is 23.8 Å². The minimum Gasteiger partial charge on any atom is -0.489 e. The summed E-state index contributed by atoms with van der Waals surface area (Å²) in [4.78, 5) is 24.5. The fraction of sp³-hybridized carbons (Fsp3) is 0.400. The van der Waals surface area contributed by atoms with Crippen LogP contribution in [0.25, 0.3) is 0 Å². The standard InChI is InChI=1S/C10H9F3N2O6/c1-3-20-9(16)7-5(21-10(11,12)13)4-6(19-2)8(14-7)15(17)18/h4H,3H2,1-2H3. The summed E-state index contributed by atoms with van der Waals surface area (Å²) in [6.07, 6.45) is -5.12. The number of hydrogen-bond acceptors (Lipinski definition) is 7. The van der Waals surface area contributed by atoms with Crippen LogP contribution in [0, 0.1) is 10.1 Å². The van der Waals surface area contributed by atoms with Crippen molar-refractivity contribution < 1.29 is 37.1 Å². The van der Waals surface area contributed by atoms with Gasteiger partial charge in [0.2, 0.25) is 5.75 Å². The van der Waals surface area contributed by atoms with Crippen LogP contribution in [0.4, 0.5) is 19.0 Å². The molecule has 11 heteroatoms. The van der Waals surface area contributed by atoms with Gasteiger partial charge in [-0.25, -0.2) is 4.79 Å². The molecule has 8 nitrogen and oxygen atoms in total. The predicted octanol–water partition coefficient (Wildman–Crippen LogP) is 2.07. The third kappa shape index (κ3) is 4.19. The fourth-order valence-corrected chi connectivity index (χ4v) is 1.30. The number of hydrogen-bond donors (Lipinski definition) is 0. The largest absolute Gasteiger partial charge is 0.573 e. The van der Waals surface area contributed by atoms with Gasteiger partial charge in [0.25, 0.3) is 0 Å². The van der Waals surface area contributed by atoms with Crippen LogP contribution in [0.15, 0.2) is 6.07 Å². The Balaban J connectivity index is 3.44. The number of esters is 1. The highest BCUT2D eigenvalue weighted by molar-refractivity contribution is 5.91. The highest BCUT2D eigenvalue weighted by Gasteiger charge is 2.37. The Morgan fingerprint density at radius 2 is 2.05 bits per heavy atom. The van der Waals surface area contributed by atoms with Crippen molar-refractivity contribution in [1.29, 1.82) is 0 Å². The van der Waals surface area contributed by atoms with Crippen molar-refractivity contribution in [1.82, 2.24) is 4.98 Å². The summed E-state index contributed by atoms with van der Waals surface area (Å²) in [6, 6.07) is 0.547. The molecule has 0 amide bonds. The summed E-state index contributed by atoms with van der Waals surface area (Å²) in [7, 11) is 0.991. The Morgan fingerprint density at radius 1 is 1.43 bits per heavy atom. The Morgan fingerprint density at radius 3 is 2.48 bits per heavy atom. The number of carbonyl (C=O) groups is 1. The molecule has 0 atom stereocenters. The Labute approximate surface area is 115 Å². The Kier molecular flexibility index (Phi) is 4.89. The summed E-state index contributed by atoms with van der Waals surface area (Å²) in [5.41, 5.74) is -0.971. The lowest BCUT2D eigenvalue weighted by Crippen LogP contribution is -2.21. The first-order chi connectivity index (χ1) is 9.69. The summed E-state index contributed by atoms with van der Waals surface area (Å²) in [6.45, 7) is 1.24. The van der Waals surface area contributed by atoms with Gasteiger partial charge in [0.05, 0.1) is 13.7 Å². The summed E-state index contributed by atoms with van der Waals surface area (Å²) >= 11 is 0. The number of aromatic nitrogens is 1. The number of methoxy groups -OCH3 is 1. The monoisotopic (exact) mass is 310 g/mol. The first-order valence-corrected chi connectivity index (χ1v) is 5.35. The highest BCUT2D eigenvalue weighted by atomic mass is 19.4. The van der Waals surface area contributed by atoms with E-state index in [1.54, 1.807) is 0 Å². The predicted molar refractivity (Wildman–Crippen MR) is 60.1 cm³/mol.